The Labute approximate surface area is 154 Å². The van der Waals surface area contributed by atoms with Crippen molar-refractivity contribution in [3.8, 4) is 5.75 Å². The van der Waals surface area contributed by atoms with Gasteiger partial charge in [0.25, 0.3) is 0 Å². The van der Waals surface area contributed by atoms with Gasteiger partial charge in [0.15, 0.2) is 16.9 Å². The molecule has 1 atom stereocenters. The average Bonchev–Trinajstić information content (AvgIpc) is 2.61. The topological polar surface area (TPSA) is 120 Å². The first-order chi connectivity index (χ1) is 12.4. The molecule has 1 unspecified atom stereocenters. The van der Waals surface area contributed by atoms with Gasteiger partial charge >= 0.3 is 5.97 Å². The van der Waals surface area contributed by atoms with E-state index in [1.807, 2.05) is 24.0 Å². The fourth-order valence-corrected chi connectivity index (χ4v) is 4.37. The Morgan fingerprint density at radius 2 is 2.12 bits per heavy atom. The largest absolute Gasteiger partial charge is 0.490 e. The first-order valence-corrected chi connectivity index (χ1v) is 9.55. The number of ether oxygens (including phenoxy) is 1. The number of anilines is 1. The summed E-state index contributed by atoms with van der Waals surface area (Å²) in [7, 11) is -1.71. The van der Waals surface area contributed by atoms with E-state index in [0.717, 1.165) is 18.5 Å². The van der Waals surface area contributed by atoms with Gasteiger partial charge in [-0.3, -0.25) is 9.71 Å². The summed E-state index contributed by atoms with van der Waals surface area (Å²) in [5, 5.41) is 16.8. The molecule has 1 fully saturated rings. The summed E-state index contributed by atoms with van der Waals surface area (Å²) < 4.78 is 20.0. The number of carboxylic acid groups (broad SMARTS) is 1. The monoisotopic (exact) mass is 378 g/mol. The van der Waals surface area contributed by atoms with Crippen molar-refractivity contribution in [3.63, 3.8) is 0 Å². The third-order valence-electron chi connectivity index (χ3n) is 4.53. The lowest BCUT2D eigenvalue weighted by Gasteiger charge is -2.32. The number of fused-ring (bicyclic) bond motifs is 1. The van der Waals surface area contributed by atoms with Crippen molar-refractivity contribution in [2.24, 2.45) is 5.73 Å². The van der Waals surface area contributed by atoms with Crippen LogP contribution < -0.4 is 14.8 Å². The molecule has 1 aromatic rings. The van der Waals surface area contributed by atoms with Gasteiger partial charge in [0.1, 0.15) is 16.8 Å². The number of nitrogens with two attached hydrogens (primary N) is 1. The number of rotatable bonds is 4. The Morgan fingerprint density at radius 1 is 1.42 bits per heavy atom. The number of hydrogen-bond acceptors (Lipinski definition) is 4. The zero-order valence-corrected chi connectivity index (χ0v) is 15.3. The molecule has 2 aliphatic heterocycles. The number of hydrogen-bond donors (Lipinski definition) is 3. The summed E-state index contributed by atoms with van der Waals surface area (Å²) in [4.78, 5) is 13.0. The maximum atomic E-state index is 12.4. The number of piperidine rings is 1. The van der Waals surface area contributed by atoms with E-state index in [1.165, 1.54) is 6.08 Å². The van der Waals surface area contributed by atoms with E-state index in [1.54, 1.807) is 10.4 Å². The predicted octanol–water partition coefficient (Wildman–Crippen LogP) is 1.35. The fourth-order valence-electron chi connectivity index (χ4n) is 3.18. The summed E-state index contributed by atoms with van der Waals surface area (Å²) in [5.41, 5.74) is 6.91. The van der Waals surface area contributed by atoms with Gasteiger partial charge in [0.05, 0.1) is 5.69 Å². The molecule has 0 radical (unpaired) electrons. The van der Waals surface area contributed by atoms with Gasteiger partial charge in [-0.1, -0.05) is 0 Å². The lowest BCUT2D eigenvalue weighted by atomic mass is 10.1. The van der Waals surface area contributed by atoms with Crippen molar-refractivity contribution in [3.05, 3.63) is 28.7 Å². The molecule has 3 rings (SSSR count). The number of guanidine groups is 1. The van der Waals surface area contributed by atoms with Crippen LogP contribution in [0.5, 0.6) is 5.75 Å². The van der Waals surface area contributed by atoms with Crippen LogP contribution in [0.4, 0.5) is 5.69 Å². The highest BCUT2D eigenvalue weighted by Gasteiger charge is 2.29. The van der Waals surface area contributed by atoms with E-state index in [0.29, 0.717) is 30.9 Å². The minimum absolute atomic E-state index is 0.0200. The molecule has 0 aliphatic carbocycles. The number of aliphatic carboxylic acids is 1. The van der Waals surface area contributed by atoms with Crippen molar-refractivity contribution >= 4 is 34.7 Å². The molecule has 1 aromatic carbocycles. The van der Waals surface area contributed by atoms with Crippen molar-refractivity contribution in [2.45, 2.75) is 25.9 Å². The Morgan fingerprint density at radius 3 is 2.69 bits per heavy atom. The molecule has 0 spiro atoms. The highest BCUT2D eigenvalue weighted by Crippen LogP contribution is 2.35. The van der Waals surface area contributed by atoms with E-state index in [-0.39, 0.29) is 17.0 Å². The van der Waals surface area contributed by atoms with E-state index < -0.39 is 17.0 Å². The third-order valence-corrected chi connectivity index (χ3v) is 6.05. The van der Waals surface area contributed by atoms with Crippen LogP contribution in [0, 0.1) is 5.41 Å². The summed E-state index contributed by atoms with van der Waals surface area (Å²) in [6, 6.07) is 5.41. The second kappa shape index (κ2) is 7.36. The van der Waals surface area contributed by atoms with Crippen LogP contribution in [0.2, 0.25) is 0 Å². The summed E-state index contributed by atoms with van der Waals surface area (Å²) in [5.74, 6) is -0.457. The fraction of sp³-hybridized carbons (Fsp3) is 0.412. The lowest BCUT2D eigenvalue weighted by molar-refractivity contribution is -0.131. The normalized spacial score (nSPS) is 20.3. The number of carboxylic acids is 1. The SMILES string of the molecule is CCN1c2ccc(OC3CCN(C(=N)N)CC3)cc2C=C(C(=O)O)S1=O. The summed E-state index contributed by atoms with van der Waals surface area (Å²) in [6.07, 6.45) is 2.99. The minimum atomic E-state index is -1.71. The van der Waals surface area contributed by atoms with Crippen LogP contribution in [0.25, 0.3) is 6.08 Å². The first-order valence-electron chi connectivity index (χ1n) is 8.44. The Bertz CT molecular complexity index is 787. The van der Waals surface area contributed by atoms with Crippen LogP contribution >= 0.6 is 0 Å². The van der Waals surface area contributed by atoms with Crippen molar-refractivity contribution in [1.82, 2.24) is 4.90 Å². The summed E-state index contributed by atoms with van der Waals surface area (Å²) >= 11 is 0. The van der Waals surface area contributed by atoms with Gasteiger partial charge < -0.3 is 20.5 Å². The second-order valence-corrected chi connectivity index (χ2v) is 7.55. The van der Waals surface area contributed by atoms with Crippen LogP contribution in [0.1, 0.15) is 25.3 Å². The molecule has 8 nitrogen and oxygen atoms in total. The van der Waals surface area contributed by atoms with Crippen molar-refractivity contribution < 1.29 is 18.8 Å². The van der Waals surface area contributed by atoms with Gasteiger partial charge in [-0.15, -0.1) is 0 Å². The van der Waals surface area contributed by atoms with E-state index in [4.69, 9.17) is 15.9 Å². The second-order valence-electron chi connectivity index (χ2n) is 6.17. The Hall–Kier alpha value is -2.55. The molecule has 0 aromatic heterocycles. The van der Waals surface area contributed by atoms with Gasteiger partial charge in [-0.05, 0) is 31.2 Å². The van der Waals surface area contributed by atoms with E-state index in [2.05, 4.69) is 0 Å². The molecule has 26 heavy (non-hydrogen) atoms. The Balaban J connectivity index is 1.79. The third kappa shape index (κ3) is 3.52. The molecular formula is C17H22N4O4S. The van der Waals surface area contributed by atoms with Crippen LogP contribution in [0.15, 0.2) is 23.1 Å². The minimum Gasteiger partial charge on any atom is -0.490 e. The molecule has 1 saturated heterocycles. The first kappa shape index (κ1) is 18.2. The maximum Gasteiger partial charge on any atom is 0.346 e. The molecule has 2 aliphatic rings. The highest BCUT2D eigenvalue weighted by atomic mass is 32.2. The quantitative estimate of drug-likeness (QED) is 0.537. The Kier molecular flexibility index (Phi) is 5.17. The van der Waals surface area contributed by atoms with Crippen molar-refractivity contribution in [1.29, 1.82) is 5.41 Å². The van der Waals surface area contributed by atoms with E-state index >= 15 is 0 Å². The standard InChI is InChI=1S/C17H22N4O4S/c1-2-21-14-4-3-13(9-11(14)10-15(16(22)23)26(21)24)25-12-5-7-20(8-6-12)17(18)19/h3-4,9-10,12H,2,5-8H2,1H3,(H3,18,19)(H,22,23). The van der Waals surface area contributed by atoms with Gasteiger partial charge in [-0.2, -0.15) is 0 Å². The van der Waals surface area contributed by atoms with Crippen molar-refractivity contribution in [2.75, 3.05) is 23.9 Å². The predicted molar refractivity (Wildman–Crippen MR) is 100 cm³/mol. The van der Waals surface area contributed by atoms with Crippen LogP contribution in [-0.4, -0.2) is 51.9 Å². The molecule has 140 valence electrons. The number of nitrogens with zero attached hydrogens (tertiary/aromatic N) is 2. The molecule has 2 heterocycles. The number of benzene rings is 1. The lowest BCUT2D eigenvalue weighted by Crippen LogP contribution is -2.44. The van der Waals surface area contributed by atoms with Gasteiger partial charge in [0.2, 0.25) is 0 Å². The maximum absolute atomic E-state index is 12.4. The van der Waals surface area contributed by atoms with E-state index in [9.17, 15) is 14.1 Å². The number of nitrogens with one attached hydrogen (secondary N) is 1. The molecule has 4 N–H and O–H groups in total. The number of carbonyl (C=O) groups is 1. The van der Waals surface area contributed by atoms with Gasteiger partial charge in [0, 0.05) is 38.0 Å². The molecular weight excluding hydrogens is 356 g/mol. The zero-order valence-electron chi connectivity index (χ0n) is 14.5. The number of likely N-dealkylation sites (tertiary alicyclic amines) is 1. The molecule has 9 heteroatoms. The highest BCUT2D eigenvalue weighted by molar-refractivity contribution is 7.91. The molecule has 0 bridgehead atoms. The summed E-state index contributed by atoms with van der Waals surface area (Å²) in [6.45, 7) is 3.63. The van der Waals surface area contributed by atoms with Gasteiger partial charge in [-0.25, -0.2) is 9.00 Å². The molecule has 0 saturated carbocycles. The zero-order chi connectivity index (χ0) is 18.8. The van der Waals surface area contributed by atoms with Crippen LogP contribution in [0.3, 0.4) is 0 Å². The average molecular weight is 378 g/mol. The molecule has 0 amide bonds. The van der Waals surface area contributed by atoms with Crippen LogP contribution in [-0.2, 0) is 15.8 Å². The smallest absolute Gasteiger partial charge is 0.346 e.